The van der Waals surface area contributed by atoms with Gasteiger partial charge in [0.05, 0.1) is 20.3 Å². The number of para-hydroxylation sites is 1. The van der Waals surface area contributed by atoms with Crippen LogP contribution in [0.3, 0.4) is 0 Å². The monoisotopic (exact) mass is 747 g/mol. The molecular formula is C42H61N5O7. The number of esters is 1. The summed E-state index contributed by atoms with van der Waals surface area (Å²) in [5.74, 6) is 1.60. The summed E-state index contributed by atoms with van der Waals surface area (Å²) in [4.78, 5) is 60.7. The lowest BCUT2D eigenvalue weighted by molar-refractivity contribution is -0.144. The Labute approximate surface area is 321 Å². The number of hydrogen-bond donors (Lipinski definition) is 1. The van der Waals surface area contributed by atoms with Gasteiger partial charge < -0.3 is 34.2 Å². The number of piperidine rings is 3. The molecule has 296 valence electrons. The average Bonchev–Trinajstić information content (AvgIpc) is 3.32. The fourth-order valence-electron chi connectivity index (χ4n) is 8.93. The third kappa shape index (κ3) is 9.85. The van der Waals surface area contributed by atoms with Gasteiger partial charge in [0.15, 0.2) is 6.10 Å². The van der Waals surface area contributed by atoms with E-state index in [-0.39, 0.29) is 37.8 Å². The van der Waals surface area contributed by atoms with Crippen molar-refractivity contribution in [3.05, 3.63) is 58.7 Å². The number of fused-ring (bicyclic) bond motifs is 1. The predicted octanol–water partition coefficient (Wildman–Crippen LogP) is 6.06. The van der Waals surface area contributed by atoms with Gasteiger partial charge in [0.25, 0.3) is 5.91 Å². The van der Waals surface area contributed by atoms with Crippen molar-refractivity contribution in [2.24, 2.45) is 11.8 Å². The van der Waals surface area contributed by atoms with Gasteiger partial charge in [-0.05, 0) is 119 Å². The molecule has 12 heteroatoms. The van der Waals surface area contributed by atoms with Crippen LogP contribution in [0.25, 0.3) is 0 Å². The fraction of sp³-hybridized carbons (Fsp3) is 0.619. The normalized spacial score (nSPS) is 19.6. The maximum atomic E-state index is 14.2. The van der Waals surface area contributed by atoms with E-state index in [9.17, 15) is 19.2 Å². The topological polar surface area (TPSA) is 121 Å². The molecule has 0 unspecified atom stereocenters. The zero-order valence-corrected chi connectivity index (χ0v) is 31.9. The summed E-state index contributed by atoms with van der Waals surface area (Å²) in [5.41, 5.74) is 4.84. The molecule has 0 saturated carbocycles. The van der Waals surface area contributed by atoms with Crippen molar-refractivity contribution in [2.75, 3.05) is 71.4 Å². The van der Waals surface area contributed by atoms with Crippen molar-refractivity contribution >= 4 is 29.7 Å². The summed E-state index contributed by atoms with van der Waals surface area (Å²) >= 11 is 0. The second-order valence-electron chi connectivity index (χ2n) is 15.2. The van der Waals surface area contributed by atoms with E-state index in [4.69, 9.17) is 14.2 Å². The minimum atomic E-state index is -0.954. The molecule has 4 amide bonds. The highest BCUT2D eigenvalue weighted by atomic mass is 16.6. The first-order chi connectivity index (χ1) is 25.6. The van der Waals surface area contributed by atoms with Gasteiger partial charge in [-0.1, -0.05) is 37.8 Å². The molecule has 0 bridgehead atoms. The number of rotatable bonds is 10. The molecule has 0 aliphatic carbocycles. The third-order valence-electron chi connectivity index (χ3n) is 11.8. The quantitative estimate of drug-likeness (QED) is 0.291. The Morgan fingerprint density at radius 1 is 0.852 bits per heavy atom. The van der Waals surface area contributed by atoms with Crippen LogP contribution in [-0.4, -0.2) is 122 Å². The Morgan fingerprint density at radius 2 is 1.46 bits per heavy atom. The van der Waals surface area contributed by atoms with Crippen LogP contribution < -0.4 is 10.1 Å². The van der Waals surface area contributed by atoms with E-state index < -0.39 is 12.2 Å². The highest BCUT2D eigenvalue weighted by Crippen LogP contribution is 2.33. The van der Waals surface area contributed by atoms with Crippen molar-refractivity contribution in [1.29, 1.82) is 0 Å². The third-order valence-corrected chi connectivity index (χ3v) is 11.8. The molecule has 3 fully saturated rings. The van der Waals surface area contributed by atoms with Crippen LogP contribution in [0, 0.1) is 25.7 Å². The molecule has 0 radical (unpaired) electrons. The molecule has 0 aromatic heterocycles. The van der Waals surface area contributed by atoms with Crippen LogP contribution in [0.5, 0.6) is 5.75 Å². The van der Waals surface area contributed by atoms with Gasteiger partial charge in [0, 0.05) is 50.9 Å². The smallest absolute Gasteiger partial charge is 0.410 e. The first kappa shape index (κ1) is 40.9. The molecule has 4 aliphatic rings. The Kier molecular flexibility index (Phi) is 14.2. The molecule has 3 saturated heterocycles. The minimum Gasteiger partial charge on any atom is -0.496 e. The van der Waals surface area contributed by atoms with Gasteiger partial charge >= 0.3 is 18.1 Å². The number of ether oxygens (including phenoxy) is 3. The maximum Gasteiger partial charge on any atom is 0.410 e. The number of carbonyl (C=O) groups is 4. The number of amides is 4. The molecule has 4 heterocycles. The largest absolute Gasteiger partial charge is 0.496 e. The Morgan fingerprint density at radius 3 is 2.09 bits per heavy atom. The summed E-state index contributed by atoms with van der Waals surface area (Å²) in [6.07, 6.45) is 4.82. The van der Waals surface area contributed by atoms with Crippen LogP contribution in [0.1, 0.15) is 75.1 Å². The highest BCUT2D eigenvalue weighted by Gasteiger charge is 2.37. The van der Waals surface area contributed by atoms with Crippen molar-refractivity contribution < 1.29 is 33.4 Å². The molecule has 1 atom stereocenters. The predicted molar refractivity (Wildman–Crippen MR) is 209 cm³/mol. The van der Waals surface area contributed by atoms with Gasteiger partial charge in [-0.25, -0.2) is 9.59 Å². The van der Waals surface area contributed by atoms with E-state index in [1.807, 2.05) is 67.0 Å². The molecule has 6 rings (SSSR count). The number of urea groups is 1. The highest BCUT2D eigenvalue weighted by molar-refractivity contribution is 5.91. The number of anilines is 1. The number of benzene rings is 2. The molecule has 0 spiro atoms. The fourth-order valence-corrected chi connectivity index (χ4v) is 8.93. The lowest BCUT2D eigenvalue weighted by Gasteiger charge is -2.41. The lowest BCUT2D eigenvalue weighted by Crippen LogP contribution is -2.52. The number of methoxy groups -OCH3 is 1. The van der Waals surface area contributed by atoms with Gasteiger partial charge in [-0.3, -0.25) is 14.5 Å². The van der Waals surface area contributed by atoms with Gasteiger partial charge in [0.2, 0.25) is 0 Å². The number of nitrogens with one attached hydrogen (secondary N) is 1. The zero-order valence-electron chi connectivity index (χ0n) is 31.9. The Balaban J connectivity index is 0.00000561. The summed E-state index contributed by atoms with van der Waals surface area (Å²) in [7, 11) is 1.65. The SMILES string of the molecule is C.CCOC(=O)CN1CCC(C2CCN(C(=O)[C@@H](Cc3cc(C)c(OC)c(C)c3)OC(=O)N3CCC(N4CCc5ccccc5NC4=O)CC3)CC2)CC1. The van der Waals surface area contributed by atoms with E-state index in [0.29, 0.717) is 70.6 Å². The summed E-state index contributed by atoms with van der Waals surface area (Å²) in [5, 5.41) is 3.06. The number of carbonyl (C=O) groups excluding carboxylic acids is 4. The van der Waals surface area contributed by atoms with Crippen molar-refractivity contribution in [2.45, 2.75) is 91.7 Å². The molecule has 12 nitrogen and oxygen atoms in total. The van der Waals surface area contributed by atoms with Crippen molar-refractivity contribution in [3.63, 3.8) is 0 Å². The number of nitrogens with zero attached hydrogens (tertiary/aromatic N) is 4. The van der Waals surface area contributed by atoms with Crippen LogP contribution in [-0.2, 0) is 31.9 Å². The summed E-state index contributed by atoms with van der Waals surface area (Å²) < 4.78 is 16.9. The zero-order chi connectivity index (χ0) is 37.5. The number of likely N-dealkylation sites (tertiary alicyclic amines) is 3. The minimum absolute atomic E-state index is 0. The van der Waals surface area contributed by atoms with Gasteiger partial charge in [-0.15, -0.1) is 0 Å². The van der Waals surface area contributed by atoms with Crippen molar-refractivity contribution in [1.82, 2.24) is 19.6 Å². The standard InChI is InChI=1S/C41H57N5O7.CH4/c1-5-52-37(47)27-43-17-10-31(11-18-43)32-12-19-44(20-13-32)39(48)36(26-30-24-28(2)38(51-4)29(3)25-30)53-41(50)45-21-15-34(16-22-45)46-23-14-33-8-6-7-9-35(33)42-40(46)49;/h6-9,24-25,31-32,34,36H,5,10-23,26-27H2,1-4H3,(H,42,49);1H4/t36-;/m1./s1. The lowest BCUT2D eigenvalue weighted by atomic mass is 9.78. The Bertz CT molecular complexity index is 1590. The van der Waals surface area contributed by atoms with Gasteiger partial charge in [0.1, 0.15) is 5.75 Å². The maximum absolute atomic E-state index is 14.2. The van der Waals surface area contributed by atoms with Gasteiger partial charge in [-0.2, -0.15) is 0 Å². The van der Waals surface area contributed by atoms with Crippen LogP contribution in [0.4, 0.5) is 15.3 Å². The van der Waals surface area contributed by atoms with E-state index in [2.05, 4.69) is 10.2 Å². The first-order valence-corrected chi connectivity index (χ1v) is 19.5. The number of aryl methyl sites for hydroxylation is 2. The Hall–Kier alpha value is -4.32. The first-order valence-electron chi connectivity index (χ1n) is 19.5. The summed E-state index contributed by atoms with van der Waals surface area (Å²) in [6, 6.07) is 11.8. The molecule has 54 heavy (non-hydrogen) atoms. The molecule has 1 N–H and O–H groups in total. The number of hydrogen-bond acceptors (Lipinski definition) is 8. The van der Waals surface area contributed by atoms with E-state index in [1.54, 1.807) is 12.0 Å². The van der Waals surface area contributed by atoms with E-state index in [0.717, 1.165) is 78.9 Å². The molecule has 2 aromatic carbocycles. The van der Waals surface area contributed by atoms with Crippen LogP contribution >= 0.6 is 0 Å². The van der Waals surface area contributed by atoms with E-state index >= 15 is 0 Å². The van der Waals surface area contributed by atoms with E-state index in [1.165, 1.54) is 0 Å². The second-order valence-corrected chi connectivity index (χ2v) is 15.2. The molecule has 2 aromatic rings. The molecule has 4 aliphatic heterocycles. The van der Waals surface area contributed by atoms with Crippen LogP contribution in [0.2, 0.25) is 0 Å². The average molecular weight is 748 g/mol. The van der Waals surface area contributed by atoms with Crippen molar-refractivity contribution in [3.8, 4) is 5.75 Å². The summed E-state index contributed by atoms with van der Waals surface area (Å²) in [6.45, 7) is 11.1. The second kappa shape index (κ2) is 18.8. The molecular weight excluding hydrogens is 686 g/mol. The van der Waals surface area contributed by atoms with Crippen LogP contribution in [0.15, 0.2) is 36.4 Å².